The Hall–Kier alpha value is -8.38. The van der Waals surface area contributed by atoms with Crippen LogP contribution in [0.15, 0.2) is 218 Å². The second kappa shape index (κ2) is 14.1. The summed E-state index contributed by atoms with van der Waals surface area (Å²) in [6.07, 6.45) is 0. The van der Waals surface area contributed by atoms with Gasteiger partial charge in [0.15, 0.2) is 0 Å². The maximum Gasteiger partial charge on any atom is 0.235 e. The van der Waals surface area contributed by atoms with Crippen LogP contribution >= 0.6 is 11.3 Å². The highest BCUT2D eigenvalue weighted by atomic mass is 32.1. The monoisotopic (exact) mass is 844 g/mol. The molecule has 0 N–H and O–H groups in total. The Labute approximate surface area is 377 Å². The van der Waals surface area contributed by atoms with Gasteiger partial charge in [0.2, 0.25) is 5.95 Å². The summed E-state index contributed by atoms with van der Waals surface area (Å²) in [4.78, 5) is 12.2. The molecule has 0 atom stereocenters. The third kappa shape index (κ3) is 5.49. The van der Waals surface area contributed by atoms with E-state index in [2.05, 4.69) is 228 Å². The number of rotatable bonds is 5. The largest absolute Gasteiger partial charge is 0.309 e. The topological polar surface area (TPSA) is 35.6 Å². The average molecular weight is 845 g/mol. The van der Waals surface area contributed by atoms with Crippen LogP contribution in [0.1, 0.15) is 0 Å². The van der Waals surface area contributed by atoms with Crippen molar-refractivity contribution >= 4 is 97.5 Å². The summed E-state index contributed by atoms with van der Waals surface area (Å²) in [6.45, 7) is 0. The predicted octanol–water partition coefficient (Wildman–Crippen LogP) is 16.3. The molecule has 0 aliphatic rings. The predicted molar refractivity (Wildman–Crippen MR) is 275 cm³/mol. The van der Waals surface area contributed by atoms with Crippen molar-refractivity contribution in [1.82, 2.24) is 19.1 Å². The Morgan fingerprint density at radius 2 is 0.938 bits per heavy atom. The fourth-order valence-electron chi connectivity index (χ4n) is 10.4. The van der Waals surface area contributed by atoms with Gasteiger partial charge in [0.1, 0.15) is 0 Å². The molecule has 0 fully saturated rings. The highest BCUT2D eigenvalue weighted by molar-refractivity contribution is 7.22. The lowest BCUT2D eigenvalue weighted by Gasteiger charge is -2.12. The lowest BCUT2D eigenvalue weighted by atomic mass is 9.98. The highest BCUT2D eigenvalue weighted by Gasteiger charge is 2.23. The van der Waals surface area contributed by atoms with Crippen molar-refractivity contribution in [2.24, 2.45) is 0 Å². The van der Waals surface area contributed by atoms with Gasteiger partial charge in [0, 0.05) is 37.7 Å². The van der Waals surface area contributed by atoms with Crippen molar-refractivity contribution in [3.63, 3.8) is 0 Å². The minimum Gasteiger partial charge on any atom is -0.309 e. The van der Waals surface area contributed by atoms with Gasteiger partial charge in [-0.15, -0.1) is 11.3 Å². The Bertz CT molecular complexity index is 4230. The van der Waals surface area contributed by atoms with E-state index >= 15 is 0 Å². The van der Waals surface area contributed by atoms with Crippen molar-refractivity contribution in [3.05, 3.63) is 218 Å². The molecule has 0 saturated carbocycles. The molecule has 0 aliphatic heterocycles. The Kier molecular flexibility index (Phi) is 7.82. The molecule has 0 saturated heterocycles. The molecule has 65 heavy (non-hydrogen) atoms. The standard InChI is InChI=1S/C60H36N4S/c1-3-17-40(18-4-1)55-36-50-59(65-55)58(47-25-13-19-37-14-7-10-22-44(37)47)62-60(61-50)64-51-31-29-41(34-49(51)57-46-24-12-9-16-39(46)28-33-53(57)64)42-26-30-48-54(35-42)63(43-20-5-2-6-21-43)52-32-27-38-15-8-11-23-45(38)56(48)52/h1-36H. The van der Waals surface area contributed by atoms with Crippen LogP contribution < -0.4 is 0 Å². The average Bonchev–Trinajstić information content (AvgIpc) is 4.06. The lowest BCUT2D eigenvalue weighted by molar-refractivity contribution is 1.02. The molecule has 14 aromatic rings. The van der Waals surface area contributed by atoms with Gasteiger partial charge in [-0.3, -0.25) is 4.57 Å². The molecule has 5 heteroatoms. The van der Waals surface area contributed by atoms with Crippen LogP contribution in [0.25, 0.3) is 131 Å². The number of benzene rings is 10. The number of thiophene rings is 1. The number of nitrogens with zero attached hydrogens (tertiary/aromatic N) is 4. The van der Waals surface area contributed by atoms with Gasteiger partial charge >= 0.3 is 0 Å². The van der Waals surface area contributed by atoms with Gasteiger partial charge in [-0.2, -0.15) is 0 Å². The van der Waals surface area contributed by atoms with E-state index in [9.17, 15) is 0 Å². The van der Waals surface area contributed by atoms with Gasteiger partial charge in [0.25, 0.3) is 0 Å². The van der Waals surface area contributed by atoms with Gasteiger partial charge in [-0.1, -0.05) is 170 Å². The lowest BCUT2D eigenvalue weighted by Crippen LogP contribution is -2.02. The summed E-state index contributed by atoms with van der Waals surface area (Å²) >= 11 is 1.76. The van der Waals surface area contributed by atoms with Crippen LogP contribution in [0.2, 0.25) is 0 Å². The normalized spacial score (nSPS) is 12.0. The van der Waals surface area contributed by atoms with Crippen molar-refractivity contribution in [1.29, 1.82) is 0 Å². The first kappa shape index (κ1) is 36.1. The molecule has 0 unspecified atom stereocenters. The molecule has 4 aromatic heterocycles. The molecule has 0 aliphatic carbocycles. The number of hydrogen-bond acceptors (Lipinski definition) is 3. The maximum absolute atomic E-state index is 5.61. The first-order chi connectivity index (χ1) is 32.2. The van der Waals surface area contributed by atoms with Crippen molar-refractivity contribution in [2.45, 2.75) is 0 Å². The van der Waals surface area contributed by atoms with E-state index in [0.29, 0.717) is 5.95 Å². The third-order valence-electron chi connectivity index (χ3n) is 13.3. The van der Waals surface area contributed by atoms with Gasteiger partial charge in [-0.25, -0.2) is 9.97 Å². The molecule has 4 heterocycles. The van der Waals surface area contributed by atoms with Crippen LogP contribution in [-0.4, -0.2) is 19.1 Å². The fourth-order valence-corrected chi connectivity index (χ4v) is 11.5. The Morgan fingerprint density at radius 3 is 1.69 bits per heavy atom. The molecular formula is C60H36N4S. The fraction of sp³-hybridized carbons (Fsp3) is 0. The van der Waals surface area contributed by atoms with Crippen molar-refractivity contribution in [2.75, 3.05) is 0 Å². The van der Waals surface area contributed by atoms with Crippen molar-refractivity contribution in [3.8, 4) is 44.5 Å². The zero-order valence-electron chi connectivity index (χ0n) is 35.0. The molecule has 0 amide bonds. The molecular weight excluding hydrogens is 809 g/mol. The summed E-state index contributed by atoms with van der Waals surface area (Å²) in [5, 5.41) is 12.1. The highest BCUT2D eigenvalue weighted by Crippen LogP contribution is 2.44. The van der Waals surface area contributed by atoms with Crippen LogP contribution in [-0.2, 0) is 0 Å². The smallest absolute Gasteiger partial charge is 0.235 e. The van der Waals surface area contributed by atoms with Crippen molar-refractivity contribution < 1.29 is 0 Å². The van der Waals surface area contributed by atoms with E-state index in [0.717, 1.165) is 54.7 Å². The summed E-state index contributed by atoms with van der Waals surface area (Å²) in [6, 6.07) is 79.1. The van der Waals surface area contributed by atoms with Gasteiger partial charge in [0.05, 0.1) is 38.0 Å². The van der Waals surface area contributed by atoms with Crippen LogP contribution in [0.4, 0.5) is 0 Å². The van der Waals surface area contributed by atoms with E-state index in [-0.39, 0.29) is 0 Å². The second-order valence-corrected chi connectivity index (χ2v) is 18.0. The zero-order valence-corrected chi connectivity index (χ0v) is 35.8. The molecule has 0 radical (unpaired) electrons. The minimum absolute atomic E-state index is 0.655. The Morgan fingerprint density at radius 1 is 0.354 bits per heavy atom. The summed E-state index contributed by atoms with van der Waals surface area (Å²) in [5.41, 5.74) is 12.1. The second-order valence-electron chi connectivity index (χ2n) is 16.9. The van der Waals surface area contributed by atoms with Crippen LogP contribution in [0.3, 0.4) is 0 Å². The number of hydrogen-bond donors (Lipinski definition) is 0. The molecule has 0 bridgehead atoms. The zero-order chi connectivity index (χ0) is 42.6. The van der Waals surface area contributed by atoms with E-state index in [4.69, 9.17) is 9.97 Å². The third-order valence-corrected chi connectivity index (χ3v) is 14.5. The maximum atomic E-state index is 5.61. The summed E-state index contributed by atoms with van der Waals surface area (Å²) in [7, 11) is 0. The number of aromatic nitrogens is 4. The number of para-hydroxylation sites is 1. The summed E-state index contributed by atoms with van der Waals surface area (Å²) in [5.74, 6) is 0.655. The molecule has 10 aromatic carbocycles. The van der Waals surface area contributed by atoms with Gasteiger partial charge in [-0.05, 0) is 97.5 Å². The first-order valence-electron chi connectivity index (χ1n) is 22.1. The molecule has 4 nitrogen and oxygen atoms in total. The van der Waals surface area contributed by atoms with Crippen LogP contribution in [0.5, 0.6) is 0 Å². The molecule has 14 rings (SSSR count). The minimum atomic E-state index is 0.655. The van der Waals surface area contributed by atoms with E-state index in [1.54, 1.807) is 11.3 Å². The van der Waals surface area contributed by atoms with E-state index < -0.39 is 0 Å². The van der Waals surface area contributed by atoms with E-state index in [1.807, 2.05) is 0 Å². The molecule has 302 valence electrons. The first-order valence-corrected chi connectivity index (χ1v) is 22.9. The quantitative estimate of drug-likeness (QED) is 0.173. The SMILES string of the molecule is c1ccc(-c2cc3nc(-n4c5ccc(-c6ccc7c8c9ccccc9ccc8n(-c8ccccc8)c7c6)cc5c5c6ccccc6ccc54)nc(-c4cccc5ccccc45)c3s2)cc1. The molecule has 0 spiro atoms. The van der Waals surface area contributed by atoms with Gasteiger partial charge < -0.3 is 4.57 Å². The Balaban J connectivity index is 1.03. The summed E-state index contributed by atoms with van der Waals surface area (Å²) < 4.78 is 5.79. The van der Waals surface area contributed by atoms with E-state index in [1.165, 1.54) is 70.0 Å². The number of fused-ring (bicyclic) bond motifs is 12. The van der Waals surface area contributed by atoms with Crippen LogP contribution in [0, 0.1) is 0 Å².